The van der Waals surface area contributed by atoms with Crippen LogP contribution < -0.4 is 5.32 Å². The van der Waals surface area contributed by atoms with Crippen LogP contribution in [0.15, 0.2) is 42.0 Å². The monoisotopic (exact) mass is 358 g/mol. The second-order valence-electron chi connectivity index (χ2n) is 4.94. The first-order valence-electron chi connectivity index (χ1n) is 7.08. The summed E-state index contributed by atoms with van der Waals surface area (Å²) in [5.74, 6) is 0.416. The van der Waals surface area contributed by atoms with E-state index in [1.807, 2.05) is 44.8 Å². The van der Waals surface area contributed by atoms with Crippen LogP contribution in [0.2, 0.25) is 5.15 Å². The molecule has 0 fully saturated rings. The van der Waals surface area contributed by atoms with Gasteiger partial charge in [0.2, 0.25) is 5.91 Å². The molecule has 120 valence electrons. The van der Waals surface area contributed by atoms with Crippen molar-refractivity contribution in [1.82, 2.24) is 29.3 Å². The zero-order valence-corrected chi connectivity index (χ0v) is 13.8. The largest absolute Gasteiger partial charge is 0.345 e. The number of hydrogen-bond donors (Lipinski definition) is 1. The number of hydrogen-bond acceptors (Lipinski definition) is 5. The second kappa shape index (κ2) is 6.06. The molecule has 0 unspecified atom stereocenters. The minimum absolute atomic E-state index is 0.246. The molecule has 0 aliphatic carbocycles. The van der Waals surface area contributed by atoms with Gasteiger partial charge in [0.25, 0.3) is 0 Å². The molecule has 1 N–H and O–H groups in total. The molecule has 4 heterocycles. The minimum Gasteiger partial charge on any atom is -0.345 e. The highest BCUT2D eigenvalue weighted by atomic mass is 35.5. The molecule has 0 saturated carbocycles. The predicted molar refractivity (Wildman–Crippen MR) is 91.9 cm³/mol. The molecule has 1 amide bonds. The van der Waals surface area contributed by atoms with E-state index in [0.717, 1.165) is 10.6 Å². The average Bonchev–Trinajstić information content (AvgIpc) is 3.26. The molecule has 0 saturated heterocycles. The molecular weight excluding hydrogens is 348 g/mol. The zero-order valence-electron chi connectivity index (χ0n) is 12.3. The van der Waals surface area contributed by atoms with Crippen LogP contribution >= 0.6 is 22.9 Å². The highest BCUT2D eigenvalue weighted by Crippen LogP contribution is 2.22. The van der Waals surface area contributed by atoms with Crippen LogP contribution in [0.5, 0.6) is 0 Å². The Morgan fingerprint density at radius 2 is 2.21 bits per heavy atom. The SMILES string of the molecule is O=C(/C=C/c1c(Cl)nc2sccn12)NCc1nnc2ccccn12. The number of nitrogens with one attached hydrogen (secondary N) is 1. The number of carbonyl (C=O) groups excluding carboxylic acids is 1. The van der Waals surface area contributed by atoms with Crippen molar-refractivity contribution < 1.29 is 4.79 Å². The van der Waals surface area contributed by atoms with Gasteiger partial charge in [-0.15, -0.1) is 21.5 Å². The van der Waals surface area contributed by atoms with Crippen molar-refractivity contribution >= 4 is 45.5 Å². The van der Waals surface area contributed by atoms with Crippen molar-refractivity contribution in [1.29, 1.82) is 0 Å². The van der Waals surface area contributed by atoms with Gasteiger partial charge in [0, 0.05) is 23.8 Å². The smallest absolute Gasteiger partial charge is 0.244 e. The number of aromatic nitrogens is 5. The standard InChI is InChI=1S/C15H11ClN6OS/c16-14-10(21-7-8-24-15(21)18-14)4-5-13(23)17-9-12-20-19-11-3-1-2-6-22(11)12/h1-8H,9H2,(H,17,23)/b5-4+. The maximum Gasteiger partial charge on any atom is 0.244 e. The molecule has 0 atom stereocenters. The Kier molecular flexibility index (Phi) is 3.75. The first-order valence-corrected chi connectivity index (χ1v) is 8.34. The number of pyridine rings is 1. The Hall–Kier alpha value is -2.71. The number of rotatable bonds is 4. The number of amides is 1. The summed E-state index contributed by atoms with van der Waals surface area (Å²) >= 11 is 7.57. The molecule has 24 heavy (non-hydrogen) atoms. The van der Waals surface area contributed by atoms with Crippen LogP contribution in [0, 0.1) is 0 Å². The highest BCUT2D eigenvalue weighted by molar-refractivity contribution is 7.15. The average molecular weight is 359 g/mol. The first-order chi connectivity index (χ1) is 11.7. The number of halogens is 1. The molecule has 0 spiro atoms. The Labute approximate surface area is 145 Å². The number of thiazole rings is 1. The lowest BCUT2D eigenvalue weighted by atomic mass is 10.4. The van der Waals surface area contributed by atoms with Crippen molar-refractivity contribution in [2.75, 3.05) is 0 Å². The van der Waals surface area contributed by atoms with Gasteiger partial charge < -0.3 is 5.32 Å². The highest BCUT2D eigenvalue weighted by Gasteiger charge is 2.09. The third-order valence-corrected chi connectivity index (χ3v) is 4.49. The van der Waals surface area contributed by atoms with Crippen LogP contribution in [-0.4, -0.2) is 29.9 Å². The molecule has 7 nitrogen and oxygen atoms in total. The maximum absolute atomic E-state index is 12.0. The molecular formula is C15H11ClN6OS. The van der Waals surface area contributed by atoms with Gasteiger partial charge in [0.15, 0.2) is 21.6 Å². The molecule has 0 aliphatic heterocycles. The van der Waals surface area contributed by atoms with E-state index in [2.05, 4.69) is 20.5 Å². The van der Waals surface area contributed by atoms with Crippen molar-refractivity contribution in [3.8, 4) is 0 Å². The number of imidazole rings is 1. The van der Waals surface area contributed by atoms with Gasteiger partial charge >= 0.3 is 0 Å². The summed E-state index contributed by atoms with van der Waals surface area (Å²) in [6.45, 7) is 0.280. The van der Waals surface area contributed by atoms with E-state index < -0.39 is 0 Å². The van der Waals surface area contributed by atoms with Gasteiger partial charge in [-0.1, -0.05) is 17.7 Å². The van der Waals surface area contributed by atoms with Crippen LogP contribution in [0.3, 0.4) is 0 Å². The molecule has 0 aromatic carbocycles. The lowest BCUT2D eigenvalue weighted by molar-refractivity contribution is -0.116. The first kappa shape index (κ1) is 14.9. The normalized spacial score (nSPS) is 11.7. The molecule has 0 radical (unpaired) electrons. The molecule has 4 rings (SSSR count). The Bertz CT molecular complexity index is 1060. The molecule has 0 bridgehead atoms. The van der Waals surface area contributed by atoms with Gasteiger partial charge in [-0.3, -0.25) is 13.6 Å². The van der Waals surface area contributed by atoms with Crippen LogP contribution in [0.4, 0.5) is 0 Å². The third kappa shape index (κ3) is 2.66. The molecule has 0 aliphatic rings. The van der Waals surface area contributed by atoms with E-state index in [9.17, 15) is 4.79 Å². The van der Waals surface area contributed by atoms with Crippen molar-refractivity contribution in [3.63, 3.8) is 0 Å². The van der Waals surface area contributed by atoms with E-state index in [4.69, 9.17) is 11.6 Å². The van der Waals surface area contributed by atoms with E-state index in [1.54, 1.807) is 6.08 Å². The molecule has 9 heteroatoms. The van der Waals surface area contributed by atoms with E-state index in [1.165, 1.54) is 17.4 Å². The predicted octanol–water partition coefficient (Wildman–Crippen LogP) is 2.42. The Balaban J connectivity index is 1.47. The van der Waals surface area contributed by atoms with Gasteiger partial charge in [-0.2, -0.15) is 0 Å². The molecule has 4 aromatic heterocycles. The van der Waals surface area contributed by atoms with Gasteiger partial charge in [-0.25, -0.2) is 4.98 Å². The van der Waals surface area contributed by atoms with E-state index in [0.29, 0.717) is 16.7 Å². The van der Waals surface area contributed by atoms with Crippen molar-refractivity contribution in [2.45, 2.75) is 6.54 Å². The van der Waals surface area contributed by atoms with E-state index in [-0.39, 0.29) is 12.5 Å². The number of carbonyl (C=O) groups is 1. The van der Waals surface area contributed by atoms with Gasteiger partial charge in [-0.05, 0) is 18.2 Å². The summed E-state index contributed by atoms with van der Waals surface area (Å²) < 4.78 is 3.66. The van der Waals surface area contributed by atoms with E-state index >= 15 is 0 Å². The Morgan fingerprint density at radius 3 is 3.12 bits per heavy atom. The minimum atomic E-state index is -0.246. The van der Waals surface area contributed by atoms with Gasteiger partial charge in [0.1, 0.15) is 0 Å². The Morgan fingerprint density at radius 1 is 1.29 bits per heavy atom. The van der Waals surface area contributed by atoms with Crippen LogP contribution in [0.1, 0.15) is 11.5 Å². The topological polar surface area (TPSA) is 76.6 Å². The fourth-order valence-electron chi connectivity index (χ4n) is 2.32. The lowest BCUT2D eigenvalue weighted by Gasteiger charge is -2.00. The van der Waals surface area contributed by atoms with Crippen molar-refractivity contribution in [2.24, 2.45) is 0 Å². The fourth-order valence-corrected chi connectivity index (χ4v) is 3.32. The van der Waals surface area contributed by atoms with Crippen molar-refractivity contribution in [3.05, 3.63) is 58.7 Å². The zero-order chi connectivity index (χ0) is 16.5. The fraction of sp³-hybridized carbons (Fsp3) is 0.0667. The second-order valence-corrected chi connectivity index (χ2v) is 6.17. The molecule has 4 aromatic rings. The lowest BCUT2D eigenvalue weighted by Crippen LogP contribution is -2.21. The summed E-state index contributed by atoms with van der Waals surface area (Å²) in [5.41, 5.74) is 1.42. The van der Waals surface area contributed by atoms with Gasteiger partial charge in [0.05, 0.1) is 12.2 Å². The quantitative estimate of drug-likeness (QED) is 0.568. The third-order valence-electron chi connectivity index (χ3n) is 3.45. The summed E-state index contributed by atoms with van der Waals surface area (Å²) in [4.78, 5) is 17.0. The number of fused-ring (bicyclic) bond motifs is 2. The van der Waals surface area contributed by atoms with Crippen LogP contribution in [-0.2, 0) is 11.3 Å². The summed E-state index contributed by atoms with van der Waals surface area (Å²) in [6.07, 6.45) is 6.79. The summed E-state index contributed by atoms with van der Waals surface area (Å²) in [5, 5.41) is 13.2. The number of nitrogens with zero attached hydrogens (tertiary/aromatic N) is 5. The summed E-state index contributed by atoms with van der Waals surface area (Å²) in [7, 11) is 0. The summed E-state index contributed by atoms with van der Waals surface area (Å²) in [6, 6.07) is 5.62. The maximum atomic E-state index is 12.0. The van der Waals surface area contributed by atoms with Crippen LogP contribution in [0.25, 0.3) is 16.7 Å².